The van der Waals surface area contributed by atoms with Crippen LogP contribution >= 0.6 is 12.4 Å². The molecule has 0 aromatic heterocycles. The minimum absolute atomic E-state index is 0. The Hall–Kier alpha value is -0.280. The first-order valence-electron chi connectivity index (χ1n) is 7.47. The van der Waals surface area contributed by atoms with Crippen LogP contribution in [0.15, 0.2) is 0 Å². The zero-order chi connectivity index (χ0) is 13.2. The van der Waals surface area contributed by atoms with Gasteiger partial charge in [-0.2, -0.15) is 0 Å². The molecule has 0 aromatic rings. The minimum atomic E-state index is 0. The van der Waals surface area contributed by atoms with E-state index < -0.39 is 0 Å². The lowest BCUT2D eigenvalue weighted by Gasteiger charge is -2.36. The molecule has 2 rings (SSSR count). The zero-order valence-electron chi connectivity index (χ0n) is 12.6. The molecule has 3 nitrogen and oxygen atoms in total. The maximum Gasteiger partial charge on any atom is 0.223 e. The number of rotatable bonds is 2. The van der Waals surface area contributed by atoms with Gasteiger partial charge in [0.1, 0.15) is 0 Å². The van der Waals surface area contributed by atoms with Crippen molar-refractivity contribution in [1.82, 2.24) is 10.2 Å². The Labute approximate surface area is 123 Å². The van der Waals surface area contributed by atoms with Gasteiger partial charge in [-0.1, -0.05) is 20.8 Å². The molecule has 0 aliphatic carbocycles. The van der Waals surface area contributed by atoms with Crippen molar-refractivity contribution in [2.75, 3.05) is 19.6 Å². The highest BCUT2D eigenvalue weighted by atomic mass is 35.5. The molecule has 2 aliphatic heterocycles. The van der Waals surface area contributed by atoms with Crippen LogP contribution in [0.25, 0.3) is 0 Å². The number of nitrogens with zero attached hydrogens (tertiary/aromatic N) is 1. The molecule has 2 saturated heterocycles. The van der Waals surface area contributed by atoms with E-state index in [1.54, 1.807) is 0 Å². The largest absolute Gasteiger partial charge is 0.343 e. The highest BCUT2D eigenvalue weighted by Crippen LogP contribution is 2.27. The Kier molecular flexibility index (Phi) is 6.13. The second-order valence-corrected chi connectivity index (χ2v) is 7.16. The minimum Gasteiger partial charge on any atom is -0.343 e. The number of nitrogens with one attached hydrogen (secondary N) is 1. The number of piperidine rings is 1. The molecule has 1 unspecified atom stereocenters. The summed E-state index contributed by atoms with van der Waals surface area (Å²) in [6, 6.07) is 0.727. The van der Waals surface area contributed by atoms with Crippen LogP contribution in [-0.4, -0.2) is 36.5 Å². The van der Waals surface area contributed by atoms with Crippen LogP contribution in [-0.2, 0) is 4.79 Å². The third-order valence-electron chi connectivity index (χ3n) is 4.24. The maximum absolute atomic E-state index is 12.2. The van der Waals surface area contributed by atoms with E-state index in [4.69, 9.17) is 0 Å². The average molecular weight is 289 g/mol. The Bertz CT molecular complexity index is 287. The van der Waals surface area contributed by atoms with E-state index in [-0.39, 0.29) is 17.8 Å². The van der Waals surface area contributed by atoms with Gasteiger partial charge in [0.15, 0.2) is 0 Å². The predicted molar refractivity (Wildman–Crippen MR) is 81.6 cm³/mol. The van der Waals surface area contributed by atoms with Gasteiger partial charge in [0.25, 0.3) is 0 Å². The lowest BCUT2D eigenvalue weighted by atomic mass is 9.87. The highest BCUT2D eigenvalue weighted by Gasteiger charge is 2.30. The summed E-state index contributed by atoms with van der Waals surface area (Å²) < 4.78 is 0. The molecule has 0 radical (unpaired) electrons. The van der Waals surface area contributed by atoms with E-state index in [9.17, 15) is 4.79 Å². The first kappa shape index (κ1) is 16.8. The van der Waals surface area contributed by atoms with Crippen molar-refractivity contribution in [1.29, 1.82) is 0 Å². The Morgan fingerprint density at radius 2 is 1.84 bits per heavy atom. The highest BCUT2D eigenvalue weighted by molar-refractivity contribution is 5.85. The molecule has 112 valence electrons. The van der Waals surface area contributed by atoms with Crippen molar-refractivity contribution in [3.63, 3.8) is 0 Å². The molecule has 2 fully saturated rings. The zero-order valence-corrected chi connectivity index (χ0v) is 13.4. The van der Waals surface area contributed by atoms with Crippen molar-refractivity contribution in [3.05, 3.63) is 0 Å². The van der Waals surface area contributed by atoms with Gasteiger partial charge in [-0.3, -0.25) is 4.79 Å². The molecule has 2 aliphatic rings. The molecule has 0 bridgehead atoms. The van der Waals surface area contributed by atoms with E-state index in [0.717, 1.165) is 25.0 Å². The van der Waals surface area contributed by atoms with Gasteiger partial charge < -0.3 is 10.2 Å². The van der Waals surface area contributed by atoms with E-state index in [2.05, 4.69) is 31.0 Å². The number of likely N-dealkylation sites (tertiary alicyclic amines) is 1. The van der Waals surface area contributed by atoms with Crippen LogP contribution in [0.3, 0.4) is 0 Å². The number of carbonyl (C=O) groups is 1. The molecular weight excluding hydrogens is 260 g/mol. The van der Waals surface area contributed by atoms with Gasteiger partial charge in [-0.25, -0.2) is 0 Å². The van der Waals surface area contributed by atoms with Crippen LogP contribution in [0.4, 0.5) is 0 Å². The second kappa shape index (κ2) is 6.94. The van der Waals surface area contributed by atoms with Crippen LogP contribution in [0, 0.1) is 11.3 Å². The van der Waals surface area contributed by atoms with Crippen molar-refractivity contribution in [3.8, 4) is 0 Å². The van der Waals surface area contributed by atoms with Crippen LogP contribution in [0.5, 0.6) is 0 Å². The summed E-state index contributed by atoms with van der Waals surface area (Å²) >= 11 is 0. The molecule has 0 aromatic carbocycles. The average Bonchev–Trinajstić information content (AvgIpc) is 2.80. The Balaban J connectivity index is 0.00000180. The summed E-state index contributed by atoms with van der Waals surface area (Å²) in [6.45, 7) is 9.55. The molecule has 1 N–H and O–H groups in total. The number of hydrogen-bond acceptors (Lipinski definition) is 2. The summed E-state index contributed by atoms with van der Waals surface area (Å²) in [5.41, 5.74) is 0.112. The number of hydrogen-bond donors (Lipinski definition) is 1. The summed E-state index contributed by atoms with van der Waals surface area (Å²) in [4.78, 5) is 14.2. The van der Waals surface area contributed by atoms with E-state index >= 15 is 0 Å². The molecular formula is C15H29ClN2O. The van der Waals surface area contributed by atoms with Crippen molar-refractivity contribution in [2.24, 2.45) is 11.3 Å². The quantitative estimate of drug-likeness (QED) is 0.847. The SMILES string of the molecule is CC(C)(C)CC(=O)N1CCC(C2CCCN2)CC1.Cl. The maximum atomic E-state index is 12.2. The van der Waals surface area contributed by atoms with Crippen molar-refractivity contribution >= 4 is 18.3 Å². The molecule has 1 atom stereocenters. The van der Waals surface area contributed by atoms with Gasteiger partial charge in [0.2, 0.25) is 5.91 Å². The van der Waals surface area contributed by atoms with Crippen LogP contribution in [0.1, 0.15) is 52.9 Å². The lowest BCUT2D eigenvalue weighted by Crippen LogP contribution is -2.44. The molecule has 2 heterocycles. The first-order valence-corrected chi connectivity index (χ1v) is 7.47. The van der Waals surface area contributed by atoms with Gasteiger partial charge in [-0.05, 0) is 43.6 Å². The van der Waals surface area contributed by atoms with Gasteiger partial charge in [0, 0.05) is 25.6 Å². The predicted octanol–water partition coefficient (Wildman–Crippen LogP) is 2.84. The number of carbonyl (C=O) groups excluding carboxylic acids is 1. The fourth-order valence-electron chi connectivity index (χ4n) is 3.23. The number of halogens is 1. The fourth-order valence-corrected chi connectivity index (χ4v) is 3.23. The molecule has 4 heteroatoms. The van der Waals surface area contributed by atoms with Crippen LogP contribution < -0.4 is 5.32 Å². The summed E-state index contributed by atoms with van der Waals surface area (Å²) in [5, 5.41) is 3.61. The second-order valence-electron chi connectivity index (χ2n) is 7.16. The molecule has 0 spiro atoms. The molecule has 19 heavy (non-hydrogen) atoms. The summed E-state index contributed by atoms with van der Waals surface area (Å²) in [7, 11) is 0. The van der Waals surface area contributed by atoms with E-state index in [1.165, 1.54) is 32.2 Å². The van der Waals surface area contributed by atoms with Gasteiger partial charge in [-0.15, -0.1) is 12.4 Å². The smallest absolute Gasteiger partial charge is 0.223 e. The molecule has 1 amide bonds. The Morgan fingerprint density at radius 1 is 1.21 bits per heavy atom. The van der Waals surface area contributed by atoms with Crippen LogP contribution in [0.2, 0.25) is 0 Å². The van der Waals surface area contributed by atoms with E-state index in [0.29, 0.717) is 12.3 Å². The standard InChI is InChI=1S/C15H28N2O.ClH/c1-15(2,3)11-14(18)17-9-6-12(7-10-17)13-5-4-8-16-13;/h12-13,16H,4-11H2,1-3H3;1H. The van der Waals surface area contributed by atoms with E-state index in [1.807, 2.05) is 0 Å². The van der Waals surface area contributed by atoms with Crippen molar-refractivity contribution in [2.45, 2.75) is 58.9 Å². The van der Waals surface area contributed by atoms with Gasteiger partial charge >= 0.3 is 0 Å². The first-order chi connectivity index (χ1) is 8.46. The Morgan fingerprint density at radius 3 is 2.32 bits per heavy atom. The monoisotopic (exact) mass is 288 g/mol. The fraction of sp³-hybridized carbons (Fsp3) is 0.933. The van der Waals surface area contributed by atoms with Gasteiger partial charge in [0.05, 0.1) is 0 Å². The number of amides is 1. The normalized spacial score (nSPS) is 25.2. The lowest BCUT2D eigenvalue weighted by molar-refractivity contribution is -0.134. The topological polar surface area (TPSA) is 32.3 Å². The third kappa shape index (κ3) is 4.96. The summed E-state index contributed by atoms with van der Waals surface area (Å²) in [5.74, 6) is 1.14. The van der Waals surface area contributed by atoms with Crippen molar-refractivity contribution < 1.29 is 4.79 Å². The summed E-state index contributed by atoms with van der Waals surface area (Å²) in [6.07, 6.45) is 5.72. The molecule has 0 saturated carbocycles. The third-order valence-corrected chi connectivity index (χ3v) is 4.24.